The molecule has 4 aromatic rings. The molecule has 206 valence electrons. The van der Waals surface area contributed by atoms with Crippen LogP contribution in [0.1, 0.15) is 27.0 Å². The lowest BCUT2D eigenvalue weighted by atomic mass is 10.0. The number of amides is 1. The summed E-state index contributed by atoms with van der Waals surface area (Å²) >= 11 is 6.37. The molecule has 0 atom stereocenters. The van der Waals surface area contributed by atoms with E-state index < -0.39 is 0 Å². The van der Waals surface area contributed by atoms with Gasteiger partial charge in [-0.1, -0.05) is 29.5 Å². The van der Waals surface area contributed by atoms with Gasteiger partial charge in [0.05, 0.1) is 30.3 Å². The summed E-state index contributed by atoms with van der Waals surface area (Å²) in [6.45, 7) is 3.19. The summed E-state index contributed by atoms with van der Waals surface area (Å²) in [5.41, 5.74) is 9.47. The predicted molar refractivity (Wildman–Crippen MR) is 158 cm³/mol. The number of nitrogens with zero attached hydrogens (tertiary/aromatic N) is 3. The van der Waals surface area contributed by atoms with Gasteiger partial charge in [0.25, 0.3) is 5.91 Å². The van der Waals surface area contributed by atoms with Crippen molar-refractivity contribution in [2.24, 2.45) is 0 Å². The van der Waals surface area contributed by atoms with E-state index in [4.69, 9.17) is 31.5 Å². The molecule has 0 unspecified atom stereocenters. The summed E-state index contributed by atoms with van der Waals surface area (Å²) in [7, 11) is 7.01. The highest BCUT2D eigenvalue weighted by Gasteiger charge is 2.16. The van der Waals surface area contributed by atoms with Gasteiger partial charge in [0.1, 0.15) is 12.4 Å². The van der Waals surface area contributed by atoms with Crippen LogP contribution in [-0.4, -0.2) is 62.2 Å². The van der Waals surface area contributed by atoms with E-state index in [1.54, 1.807) is 42.6 Å². The number of nitrogens with two attached hydrogens (primary N) is 1. The van der Waals surface area contributed by atoms with Crippen molar-refractivity contribution in [1.29, 1.82) is 0 Å². The van der Waals surface area contributed by atoms with Crippen LogP contribution in [0.25, 0.3) is 10.9 Å². The Morgan fingerprint density at radius 2 is 1.88 bits per heavy atom. The summed E-state index contributed by atoms with van der Waals surface area (Å²) in [5, 5.41) is 3.96. The van der Waals surface area contributed by atoms with Gasteiger partial charge in [-0.25, -0.2) is 9.97 Å². The molecule has 1 aromatic heterocycles. The van der Waals surface area contributed by atoms with Crippen molar-refractivity contribution in [3.63, 3.8) is 0 Å². The Hall–Kier alpha value is -4.52. The Morgan fingerprint density at radius 1 is 1.07 bits per heavy atom. The molecular formula is C30H30ClN5O4. The maximum atomic E-state index is 13.1. The molecule has 3 N–H and O–H groups in total. The number of halogens is 1. The molecule has 0 aliphatic carbocycles. The van der Waals surface area contributed by atoms with Crippen LogP contribution in [0.15, 0.2) is 48.7 Å². The Balaban J connectivity index is 1.61. The molecule has 40 heavy (non-hydrogen) atoms. The second-order valence-electron chi connectivity index (χ2n) is 9.18. The van der Waals surface area contributed by atoms with Crippen LogP contribution in [0.5, 0.6) is 17.2 Å². The van der Waals surface area contributed by atoms with Crippen molar-refractivity contribution < 1.29 is 19.0 Å². The zero-order valence-corrected chi connectivity index (χ0v) is 23.7. The van der Waals surface area contributed by atoms with Gasteiger partial charge in [-0.15, -0.1) is 0 Å². The second kappa shape index (κ2) is 12.6. The van der Waals surface area contributed by atoms with E-state index in [9.17, 15) is 4.79 Å². The summed E-state index contributed by atoms with van der Waals surface area (Å²) in [6.07, 6.45) is 1.60. The Morgan fingerprint density at radius 3 is 2.58 bits per heavy atom. The van der Waals surface area contributed by atoms with Crippen molar-refractivity contribution in [3.8, 4) is 29.1 Å². The fourth-order valence-corrected chi connectivity index (χ4v) is 4.13. The van der Waals surface area contributed by atoms with E-state index in [0.717, 1.165) is 12.1 Å². The minimum atomic E-state index is -0.298. The average molecular weight is 560 g/mol. The molecule has 9 nitrogen and oxygen atoms in total. The number of nitrogen functional groups attached to an aromatic ring is 1. The molecule has 4 rings (SSSR count). The highest BCUT2D eigenvalue weighted by Crippen LogP contribution is 2.36. The minimum Gasteiger partial charge on any atom is -0.493 e. The number of anilines is 2. The zero-order valence-electron chi connectivity index (χ0n) is 23.0. The third-order valence-electron chi connectivity index (χ3n) is 6.06. The number of hydrogen-bond donors (Lipinski definition) is 2. The number of benzene rings is 3. The Kier molecular flexibility index (Phi) is 8.94. The van der Waals surface area contributed by atoms with Gasteiger partial charge in [-0.05, 0) is 56.9 Å². The van der Waals surface area contributed by atoms with Crippen molar-refractivity contribution in [1.82, 2.24) is 14.9 Å². The van der Waals surface area contributed by atoms with Crippen LogP contribution < -0.4 is 25.3 Å². The first-order valence-corrected chi connectivity index (χ1v) is 12.8. The zero-order chi connectivity index (χ0) is 28.8. The number of rotatable bonds is 8. The molecule has 10 heteroatoms. The van der Waals surface area contributed by atoms with E-state index in [1.807, 2.05) is 32.0 Å². The van der Waals surface area contributed by atoms with Crippen LogP contribution in [0, 0.1) is 18.8 Å². The van der Waals surface area contributed by atoms with Gasteiger partial charge in [-0.3, -0.25) is 4.79 Å². The smallest absolute Gasteiger partial charge is 0.255 e. The number of hydrogen-bond acceptors (Lipinski definition) is 8. The number of likely N-dealkylation sites (N-methyl/N-ethyl adjacent to an activating group) is 1. The maximum absolute atomic E-state index is 13.1. The van der Waals surface area contributed by atoms with Gasteiger partial charge in [0.15, 0.2) is 11.5 Å². The van der Waals surface area contributed by atoms with E-state index in [0.29, 0.717) is 62.2 Å². The number of nitrogens with one attached hydrogen (secondary N) is 1. The molecule has 0 bridgehead atoms. The lowest BCUT2D eigenvalue weighted by molar-refractivity contribution is 0.102. The molecule has 0 saturated carbocycles. The molecule has 0 radical (unpaired) electrons. The maximum Gasteiger partial charge on any atom is 0.255 e. The summed E-state index contributed by atoms with van der Waals surface area (Å²) in [5.74, 6) is 7.66. The first-order valence-electron chi connectivity index (χ1n) is 12.4. The number of aryl methyl sites for hydroxylation is 1. The predicted octanol–water partition coefficient (Wildman–Crippen LogP) is 4.78. The summed E-state index contributed by atoms with van der Waals surface area (Å²) in [6, 6.07) is 12.2. The molecular weight excluding hydrogens is 530 g/mol. The number of fused-ring (bicyclic) bond motifs is 1. The SMILES string of the molecule is COc1cc2nc(N)ncc2c(C#Cc2cc(C(=O)Nc3ccc(OCCN(C)C)c(Cl)c3)ccc2C)c1OC. The standard InChI is InChI=1S/C30H30ClN5O4/c1-18-6-7-20(29(37)34-21-9-11-26(24(31)15-21)40-13-12-36(2)3)14-19(18)8-10-22-23-17-33-30(32)35-25(23)16-27(38-4)28(22)39-5/h6-7,9,11,14-17H,12-13H2,1-5H3,(H,34,37)(H2,32,33,35). The van der Waals surface area contributed by atoms with E-state index >= 15 is 0 Å². The number of carbonyl (C=O) groups is 1. The molecule has 0 fully saturated rings. The highest BCUT2D eigenvalue weighted by atomic mass is 35.5. The topological polar surface area (TPSA) is 112 Å². The lowest BCUT2D eigenvalue weighted by Crippen LogP contribution is -2.19. The highest BCUT2D eigenvalue weighted by molar-refractivity contribution is 6.32. The average Bonchev–Trinajstić information content (AvgIpc) is 2.92. The molecule has 1 amide bonds. The van der Waals surface area contributed by atoms with E-state index in [2.05, 4.69) is 27.1 Å². The van der Waals surface area contributed by atoms with Crippen LogP contribution in [0.2, 0.25) is 5.02 Å². The quantitative estimate of drug-likeness (QED) is 0.297. The van der Waals surface area contributed by atoms with Crippen molar-refractivity contribution >= 4 is 40.0 Å². The molecule has 3 aromatic carbocycles. The summed E-state index contributed by atoms with van der Waals surface area (Å²) in [4.78, 5) is 23.5. The van der Waals surface area contributed by atoms with Crippen molar-refractivity contribution in [2.45, 2.75) is 6.92 Å². The number of methoxy groups -OCH3 is 2. The first kappa shape index (κ1) is 28.5. The van der Waals surface area contributed by atoms with Crippen LogP contribution in [0.3, 0.4) is 0 Å². The molecule has 0 saturated heterocycles. The normalized spacial score (nSPS) is 10.7. The van der Waals surface area contributed by atoms with Crippen LogP contribution in [-0.2, 0) is 0 Å². The van der Waals surface area contributed by atoms with Crippen LogP contribution in [0.4, 0.5) is 11.6 Å². The Bertz CT molecular complexity index is 1630. The molecule has 1 heterocycles. The third kappa shape index (κ3) is 6.54. The van der Waals surface area contributed by atoms with Gasteiger partial charge < -0.3 is 30.2 Å². The Labute approximate surface area is 238 Å². The molecule has 0 aliphatic heterocycles. The fraction of sp³-hybridized carbons (Fsp3) is 0.233. The monoisotopic (exact) mass is 559 g/mol. The van der Waals surface area contributed by atoms with Crippen molar-refractivity contribution in [3.05, 3.63) is 75.9 Å². The van der Waals surface area contributed by atoms with Gasteiger partial charge in [-0.2, -0.15) is 0 Å². The fourth-order valence-electron chi connectivity index (χ4n) is 3.89. The number of aromatic nitrogens is 2. The van der Waals surface area contributed by atoms with Crippen molar-refractivity contribution in [2.75, 3.05) is 52.5 Å². The molecule has 0 spiro atoms. The van der Waals surface area contributed by atoms with Crippen LogP contribution >= 0.6 is 11.6 Å². The minimum absolute atomic E-state index is 0.140. The molecule has 0 aliphatic rings. The van der Waals surface area contributed by atoms with Gasteiger partial charge >= 0.3 is 0 Å². The van der Waals surface area contributed by atoms with Gasteiger partial charge in [0, 0.05) is 41.0 Å². The number of ether oxygens (including phenoxy) is 3. The van der Waals surface area contributed by atoms with E-state index in [1.165, 1.54) is 14.2 Å². The lowest BCUT2D eigenvalue weighted by Gasteiger charge is -2.13. The second-order valence-corrected chi connectivity index (χ2v) is 9.59. The third-order valence-corrected chi connectivity index (χ3v) is 6.35. The number of carbonyl (C=O) groups excluding carboxylic acids is 1. The first-order chi connectivity index (χ1) is 19.2. The van der Waals surface area contributed by atoms with E-state index in [-0.39, 0.29) is 11.9 Å². The van der Waals surface area contributed by atoms with Gasteiger partial charge in [0.2, 0.25) is 5.95 Å². The largest absolute Gasteiger partial charge is 0.493 e. The summed E-state index contributed by atoms with van der Waals surface area (Å²) < 4.78 is 16.8.